The molecule has 1 atom stereocenters. The normalized spacial score (nSPS) is 18.4. The molecule has 2 rings (SSSR count). The van der Waals surface area contributed by atoms with Crippen LogP contribution in [0.25, 0.3) is 0 Å². The third kappa shape index (κ3) is 4.13. The summed E-state index contributed by atoms with van der Waals surface area (Å²) in [6.07, 6.45) is 3.63. The highest BCUT2D eigenvalue weighted by Gasteiger charge is 2.15. The van der Waals surface area contributed by atoms with E-state index < -0.39 is 0 Å². The summed E-state index contributed by atoms with van der Waals surface area (Å²) < 4.78 is 0. The average Bonchev–Trinajstić information content (AvgIpc) is 2.46. The van der Waals surface area contributed by atoms with Crippen LogP contribution in [0.4, 0.5) is 11.4 Å². The van der Waals surface area contributed by atoms with Crippen molar-refractivity contribution in [3.63, 3.8) is 0 Å². The first-order valence-corrected chi connectivity index (χ1v) is 7.53. The second-order valence-corrected chi connectivity index (χ2v) is 5.77. The quantitative estimate of drug-likeness (QED) is 0.856. The van der Waals surface area contributed by atoms with Crippen molar-refractivity contribution in [1.29, 1.82) is 0 Å². The van der Waals surface area contributed by atoms with Crippen LogP contribution >= 0.6 is 0 Å². The Morgan fingerprint density at radius 3 is 2.47 bits per heavy atom. The van der Waals surface area contributed by atoms with E-state index in [1.807, 2.05) is 0 Å². The van der Waals surface area contributed by atoms with E-state index in [4.69, 9.17) is 5.73 Å². The smallest absolute Gasteiger partial charge is 0.0367 e. The molecule has 3 heteroatoms. The molecule has 1 aromatic carbocycles. The predicted molar refractivity (Wildman–Crippen MR) is 83.8 cm³/mol. The van der Waals surface area contributed by atoms with Crippen LogP contribution in [0.3, 0.4) is 0 Å². The van der Waals surface area contributed by atoms with E-state index in [1.165, 1.54) is 31.6 Å². The van der Waals surface area contributed by atoms with Crippen LogP contribution in [-0.4, -0.2) is 25.7 Å². The van der Waals surface area contributed by atoms with Gasteiger partial charge in [0.25, 0.3) is 0 Å². The molecule has 1 aromatic rings. The van der Waals surface area contributed by atoms with Gasteiger partial charge in [0.2, 0.25) is 0 Å². The highest BCUT2D eigenvalue weighted by molar-refractivity contribution is 5.55. The summed E-state index contributed by atoms with van der Waals surface area (Å²) in [4.78, 5) is 2.49. The molecule has 19 heavy (non-hydrogen) atoms. The number of piperidine rings is 1. The molecule has 1 aliphatic heterocycles. The number of nitrogens with two attached hydrogens (primary N) is 1. The summed E-state index contributed by atoms with van der Waals surface area (Å²) in [5.41, 5.74) is 8.42. The molecular formula is C16H27N3. The molecule has 3 nitrogen and oxygen atoms in total. The minimum atomic E-state index is 0.239. The van der Waals surface area contributed by atoms with Crippen LogP contribution in [-0.2, 0) is 0 Å². The Labute approximate surface area is 117 Å². The van der Waals surface area contributed by atoms with E-state index in [0.29, 0.717) is 0 Å². The van der Waals surface area contributed by atoms with E-state index in [1.54, 1.807) is 0 Å². The molecule has 0 saturated carbocycles. The van der Waals surface area contributed by atoms with Crippen LogP contribution in [0.5, 0.6) is 0 Å². The fraction of sp³-hybridized carbons (Fsp3) is 0.625. The molecule has 0 aromatic heterocycles. The largest absolute Gasteiger partial charge is 0.383 e. The Hall–Kier alpha value is -1.22. The van der Waals surface area contributed by atoms with Crippen LogP contribution in [0, 0.1) is 5.92 Å². The lowest BCUT2D eigenvalue weighted by Crippen LogP contribution is -2.32. The second kappa shape index (κ2) is 6.80. The van der Waals surface area contributed by atoms with E-state index in [-0.39, 0.29) is 6.04 Å². The average molecular weight is 261 g/mol. The van der Waals surface area contributed by atoms with Crippen molar-refractivity contribution in [3.05, 3.63) is 24.3 Å². The zero-order chi connectivity index (χ0) is 13.7. The van der Waals surface area contributed by atoms with Crippen LogP contribution in [0.1, 0.15) is 33.1 Å². The van der Waals surface area contributed by atoms with Gasteiger partial charge in [-0.2, -0.15) is 0 Å². The summed E-state index contributed by atoms with van der Waals surface area (Å²) in [6.45, 7) is 7.69. The Balaban J connectivity index is 1.87. The number of hydrogen-bond acceptors (Lipinski definition) is 3. The lowest BCUT2D eigenvalue weighted by atomic mass is 9.99. The first-order valence-electron chi connectivity index (χ1n) is 7.53. The number of anilines is 2. The zero-order valence-electron chi connectivity index (χ0n) is 12.2. The lowest BCUT2D eigenvalue weighted by molar-refractivity contribution is 0.438. The van der Waals surface area contributed by atoms with Crippen molar-refractivity contribution in [2.75, 3.05) is 29.9 Å². The van der Waals surface area contributed by atoms with Gasteiger partial charge in [0.1, 0.15) is 0 Å². The van der Waals surface area contributed by atoms with Gasteiger partial charge in [-0.1, -0.05) is 13.8 Å². The first-order chi connectivity index (χ1) is 9.19. The summed E-state index contributed by atoms with van der Waals surface area (Å²) in [5, 5.41) is 3.39. The molecule has 0 radical (unpaired) electrons. The topological polar surface area (TPSA) is 41.3 Å². The van der Waals surface area contributed by atoms with Crippen molar-refractivity contribution < 1.29 is 0 Å². The number of nitrogens with one attached hydrogen (secondary N) is 1. The van der Waals surface area contributed by atoms with E-state index in [9.17, 15) is 0 Å². The van der Waals surface area contributed by atoms with Crippen LogP contribution in [0.2, 0.25) is 0 Å². The zero-order valence-corrected chi connectivity index (χ0v) is 12.2. The van der Waals surface area contributed by atoms with Gasteiger partial charge < -0.3 is 16.0 Å². The fourth-order valence-electron chi connectivity index (χ4n) is 2.45. The maximum absolute atomic E-state index is 5.91. The van der Waals surface area contributed by atoms with Gasteiger partial charge in [0.05, 0.1) is 0 Å². The SMILES string of the molecule is CCC(N)CNc1ccc(N2CCC(C)CC2)cc1. The minimum Gasteiger partial charge on any atom is -0.383 e. The van der Waals surface area contributed by atoms with E-state index >= 15 is 0 Å². The maximum Gasteiger partial charge on any atom is 0.0367 e. The molecule has 1 unspecified atom stereocenters. The molecule has 106 valence electrons. The molecule has 1 aliphatic rings. The molecule has 0 spiro atoms. The molecule has 0 bridgehead atoms. The molecule has 1 heterocycles. The summed E-state index contributed by atoms with van der Waals surface area (Å²) >= 11 is 0. The van der Waals surface area contributed by atoms with Crippen LogP contribution in [0.15, 0.2) is 24.3 Å². The highest BCUT2D eigenvalue weighted by atomic mass is 15.1. The Morgan fingerprint density at radius 2 is 1.89 bits per heavy atom. The van der Waals surface area contributed by atoms with Crippen molar-refractivity contribution >= 4 is 11.4 Å². The third-order valence-electron chi connectivity index (χ3n) is 4.11. The van der Waals surface area contributed by atoms with Gasteiger partial charge >= 0.3 is 0 Å². The van der Waals surface area contributed by atoms with Crippen molar-refractivity contribution in [1.82, 2.24) is 0 Å². The van der Waals surface area contributed by atoms with Gasteiger partial charge in [-0.05, 0) is 49.4 Å². The molecule has 1 fully saturated rings. The summed E-state index contributed by atoms with van der Waals surface area (Å²) in [6, 6.07) is 9.00. The number of benzene rings is 1. The summed E-state index contributed by atoms with van der Waals surface area (Å²) in [7, 11) is 0. The van der Waals surface area contributed by atoms with Crippen molar-refractivity contribution in [2.24, 2.45) is 11.7 Å². The predicted octanol–water partition coefficient (Wildman–Crippen LogP) is 3.07. The van der Waals surface area contributed by atoms with Gasteiger partial charge in [0, 0.05) is 37.1 Å². The Kier molecular flexibility index (Phi) is 5.08. The molecule has 1 saturated heterocycles. The van der Waals surface area contributed by atoms with Gasteiger partial charge in [0.15, 0.2) is 0 Å². The minimum absolute atomic E-state index is 0.239. The monoisotopic (exact) mass is 261 g/mol. The standard InChI is InChI=1S/C16H27N3/c1-3-14(17)12-18-15-4-6-16(7-5-15)19-10-8-13(2)9-11-19/h4-7,13-14,18H,3,8-12,17H2,1-2H3. The number of rotatable bonds is 5. The molecule has 0 amide bonds. The first kappa shape index (κ1) is 14.2. The van der Waals surface area contributed by atoms with Gasteiger partial charge in [-0.25, -0.2) is 0 Å². The van der Waals surface area contributed by atoms with Gasteiger partial charge in [-0.15, -0.1) is 0 Å². The number of nitrogens with zero attached hydrogens (tertiary/aromatic N) is 1. The summed E-state index contributed by atoms with van der Waals surface area (Å²) in [5.74, 6) is 0.882. The maximum atomic E-state index is 5.91. The Bertz CT molecular complexity index is 366. The van der Waals surface area contributed by atoms with E-state index in [0.717, 1.165) is 24.6 Å². The Morgan fingerprint density at radius 1 is 1.26 bits per heavy atom. The second-order valence-electron chi connectivity index (χ2n) is 5.77. The lowest BCUT2D eigenvalue weighted by Gasteiger charge is -2.32. The third-order valence-corrected chi connectivity index (χ3v) is 4.11. The molecule has 3 N–H and O–H groups in total. The highest BCUT2D eigenvalue weighted by Crippen LogP contribution is 2.24. The van der Waals surface area contributed by atoms with Crippen molar-refractivity contribution in [2.45, 2.75) is 39.2 Å². The van der Waals surface area contributed by atoms with Crippen LogP contribution < -0.4 is 16.0 Å². The molecule has 0 aliphatic carbocycles. The van der Waals surface area contributed by atoms with Crippen molar-refractivity contribution in [3.8, 4) is 0 Å². The number of hydrogen-bond donors (Lipinski definition) is 2. The van der Waals surface area contributed by atoms with Gasteiger partial charge in [-0.3, -0.25) is 0 Å². The molecular weight excluding hydrogens is 234 g/mol. The fourth-order valence-corrected chi connectivity index (χ4v) is 2.45. The van der Waals surface area contributed by atoms with E-state index in [2.05, 4.69) is 48.3 Å².